The average Bonchev–Trinajstić information content (AvgIpc) is 2.89. The maximum atomic E-state index is 13.3. The number of likely N-dealkylation sites (N-methyl/N-ethyl adjacent to an activating group) is 1. The predicted molar refractivity (Wildman–Crippen MR) is 147 cm³/mol. The molecular weight excluding hydrogens is 508 g/mol. The molecule has 1 aromatic heterocycles. The minimum absolute atomic E-state index is 0.136. The van der Waals surface area contributed by atoms with Gasteiger partial charge in [-0.2, -0.15) is 0 Å². The van der Waals surface area contributed by atoms with Gasteiger partial charge in [-0.15, -0.1) is 0 Å². The van der Waals surface area contributed by atoms with Crippen LogP contribution in [0.3, 0.4) is 0 Å². The monoisotopic (exact) mass is 540 g/mol. The molecular formula is C27H32N4O6S. The second kappa shape index (κ2) is 9.95. The first-order valence-corrected chi connectivity index (χ1v) is 14.4. The minimum Gasteiger partial charge on any atom is -0.495 e. The zero-order valence-electron chi connectivity index (χ0n) is 22.0. The third-order valence-electron chi connectivity index (χ3n) is 7.36. The number of amides is 1. The molecule has 2 aliphatic heterocycles. The van der Waals surface area contributed by atoms with Gasteiger partial charge in [0.25, 0.3) is 5.91 Å². The molecule has 10 nitrogen and oxygen atoms in total. The SMILES string of the molecule is COc1cc(C(=O)N2CCc3c(c(=O)oc4c(C)c(N5CCN(C)CC5)ccc34)C2)ccc1NS(C)(=O)=O. The van der Waals surface area contributed by atoms with E-state index < -0.39 is 15.6 Å². The molecule has 3 aromatic rings. The number of anilines is 2. The van der Waals surface area contributed by atoms with Crippen molar-refractivity contribution >= 4 is 38.3 Å². The molecule has 0 bridgehead atoms. The van der Waals surface area contributed by atoms with Crippen LogP contribution in [0, 0.1) is 6.92 Å². The topological polar surface area (TPSA) is 112 Å². The first-order chi connectivity index (χ1) is 18.1. The summed E-state index contributed by atoms with van der Waals surface area (Å²) in [4.78, 5) is 32.7. The van der Waals surface area contributed by atoms with Gasteiger partial charge in [0, 0.05) is 54.9 Å². The van der Waals surface area contributed by atoms with Gasteiger partial charge in [-0.1, -0.05) is 0 Å². The third kappa shape index (κ3) is 4.95. The van der Waals surface area contributed by atoms with E-state index in [4.69, 9.17) is 9.15 Å². The second-order valence-electron chi connectivity index (χ2n) is 9.99. The maximum Gasteiger partial charge on any atom is 0.341 e. The smallest absolute Gasteiger partial charge is 0.341 e. The first kappa shape index (κ1) is 26.1. The number of methoxy groups -OCH3 is 1. The average molecular weight is 541 g/mol. The van der Waals surface area contributed by atoms with Crippen LogP contribution in [-0.2, 0) is 23.0 Å². The van der Waals surface area contributed by atoms with E-state index in [0.717, 1.165) is 54.6 Å². The molecule has 1 saturated heterocycles. The summed E-state index contributed by atoms with van der Waals surface area (Å²) >= 11 is 0. The van der Waals surface area contributed by atoms with Crippen molar-refractivity contribution in [3.05, 3.63) is 63.0 Å². The summed E-state index contributed by atoms with van der Waals surface area (Å²) < 4.78 is 36.8. The van der Waals surface area contributed by atoms with Crippen molar-refractivity contribution in [3.8, 4) is 5.75 Å². The molecule has 1 amide bonds. The highest BCUT2D eigenvalue weighted by Gasteiger charge is 2.28. The lowest BCUT2D eigenvalue weighted by Gasteiger charge is -2.35. The van der Waals surface area contributed by atoms with E-state index >= 15 is 0 Å². The van der Waals surface area contributed by atoms with Crippen LogP contribution in [0.2, 0.25) is 0 Å². The van der Waals surface area contributed by atoms with Crippen LogP contribution >= 0.6 is 0 Å². The van der Waals surface area contributed by atoms with E-state index in [-0.39, 0.29) is 23.9 Å². The molecule has 0 radical (unpaired) electrons. The Bertz CT molecular complexity index is 1570. The van der Waals surface area contributed by atoms with Gasteiger partial charge in [-0.25, -0.2) is 13.2 Å². The fraction of sp³-hybridized carbons (Fsp3) is 0.407. The fourth-order valence-corrected chi connectivity index (χ4v) is 5.87. The van der Waals surface area contributed by atoms with Gasteiger partial charge in [0.1, 0.15) is 11.3 Å². The number of hydrogen-bond donors (Lipinski definition) is 1. The molecule has 0 atom stereocenters. The van der Waals surface area contributed by atoms with Crippen LogP contribution in [0.1, 0.15) is 27.0 Å². The van der Waals surface area contributed by atoms with Crippen LogP contribution in [-0.4, -0.2) is 77.3 Å². The molecule has 1 N–H and O–H groups in total. The number of nitrogens with zero attached hydrogens (tertiary/aromatic N) is 3. The highest BCUT2D eigenvalue weighted by molar-refractivity contribution is 7.92. The van der Waals surface area contributed by atoms with E-state index in [1.807, 2.05) is 13.0 Å². The normalized spacial score (nSPS) is 16.4. The molecule has 0 spiro atoms. The minimum atomic E-state index is -3.51. The summed E-state index contributed by atoms with van der Waals surface area (Å²) in [5.74, 6) is -0.0447. The van der Waals surface area contributed by atoms with Crippen molar-refractivity contribution in [1.82, 2.24) is 9.80 Å². The number of piperazine rings is 1. The van der Waals surface area contributed by atoms with Crippen molar-refractivity contribution in [2.24, 2.45) is 0 Å². The molecule has 2 aliphatic rings. The van der Waals surface area contributed by atoms with Crippen LogP contribution < -0.4 is 20.0 Å². The van der Waals surface area contributed by atoms with Gasteiger partial charge in [-0.05, 0) is 56.3 Å². The number of carbonyl (C=O) groups excluding carboxylic acids is 1. The molecule has 202 valence electrons. The number of nitrogens with one attached hydrogen (secondary N) is 1. The van der Waals surface area contributed by atoms with Gasteiger partial charge in [0.05, 0.1) is 31.2 Å². The molecule has 2 aromatic carbocycles. The highest BCUT2D eigenvalue weighted by atomic mass is 32.2. The van der Waals surface area contributed by atoms with Gasteiger partial charge in [0.2, 0.25) is 10.0 Å². The number of fused-ring (bicyclic) bond motifs is 3. The summed E-state index contributed by atoms with van der Waals surface area (Å²) in [6, 6.07) is 8.68. The van der Waals surface area contributed by atoms with E-state index in [9.17, 15) is 18.0 Å². The summed E-state index contributed by atoms with van der Waals surface area (Å²) in [6.45, 7) is 6.39. The van der Waals surface area contributed by atoms with Gasteiger partial charge in [-0.3, -0.25) is 9.52 Å². The standard InChI is InChI=1S/C27H32N4O6S/c1-17-23(30-13-11-29(2)12-14-30)8-6-20-19-9-10-31(16-21(19)27(33)37-25(17)20)26(32)18-5-7-22(24(15-18)36-3)28-38(4,34)35/h5-8,15,28H,9-14,16H2,1-4H3. The summed E-state index contributed by atoms with van der Waals surface area (Å²) in [5.41, 5.74) is 4.24. The van der Waals surface area contributed by atoms with Gasteiger partial charge >= 0.3 is 5.63 Å². The highest BCUT2D eigenvalue weighted by Crippen LogP contribution is 2.33. The lowest BCUT2D eigenvalue weighted by atomic mass is 9.95. The molecule has 5 rings (SSSR count). The Morgan fingerprint density at radius 2 is 1.79 bits per heavy atom. The third-order valence-corrected chi connectivity index (χ3v) is 7.95. The van der Waals surface area contributed by atoms with E-state index in [0.29, 0.717) is 29.7 Å². The number of rotatable bonds is 5. The molecule has 3 heterocycles. The number of sulfonamides is 1. The van der Waals surface area contributed by atoms with Crippen LogP contribution in [0.15, 0.2) is 39.5 Å². The number of carbonyl (C=O) groups is 1. The van der Waals surface area contributed by atoms with Gasteiger partial charge < -0.3 is 23.9 Å². The largest absolute Gasteiger partial charge is 0.495 e. The first-order valence-electron chi connectivity index (χ1n) is 12.5. The number of hydrogen-bond acceptors (Lipinski definition) is 8. The van der Waals surface area contributed by atoms with Crippen LogP contribution in [0.4, 0.5) is 11.4 Å². The summed E-state index contributed by atoms with van der Waals surface area (Å²) in [5, 5.41) is 0.917. The quantitative estimate of drug-likeness (QED) is 0.491. The lowest BCUT2D eigenvalue weighted by Crippen LogP contribution is -2.44. The Labute approximate surface area is 221 Å². The Morgan fingerprint density at radius 1 is 1.05 bits per heavy atom. The molecule has 0 aliphatic carbocycles. The Morgan fingerprint density at radius 3 is 2.47 bits per heavy atom. The molecule has 0 unspecified atom stereocenters. The molecule has 38 heavy (non-hydrogen) atoms. The van der Waals surface area contributed by atoms with Crippen LogP contribution in [0.25, 0.3) is 11.0 Å². The predicted octanol–water partition coefficient (Wildman–Crippen LogP) is 2.43. The van der Waals surface area contributed by atoms with Crippen LogP contribution in [0.5, 0.6) is 5.75 Å². The van der Waals surface area contributed by atoms with E-state index in [1.54, 1.807) is 11.0 Å². The van der Waals surface area contributed by atoms with Crippen molar-refractivity contribution in [2.75, 3.05) is 62.8 Å². The number of benzene rings is 2. The molecule has 0 saturated carbocycles. The van der Waals surface area contributed by atoms with Crippen molar-refractivity contribution in [1.29, 1.82) is 0 Å². The lowest BCUT2D eigenvalue weighted by molar-refractivity contribution is 0.0732. The Hall–Kier alpha value is -3.57. The number of ether oxygens (including phenoxy) is 1. The summed E-state index contributed by atoms with van der Waals surface area (Å²) in [6.07, 6.45) is 1.57. The Balaban J connectivity index is 1.43. The summed E-state index contributed by atoms with van der Waals surface area (Å²) in [7, 11) is 0.0120. The fourth-order valence-electron chi connectivity index (χ4n) is 5.31. The Kier molecular flexibility index (Phi) is 6.83. The maximum absolute atomic E-state index is 13.3. The van der Waals surface area contributed by atoms with Crippen molar-refractivity contribution in [2.45, 2.75) is 19.9 Å². The van der Waals surface area contributed by atoms with Crippen molar-refractivity contribution in [3.63, 3.8) is 0 Å². The molecule has 11 heteroatoms. The zero-order chi connectivity index (χ0) is 27.2. The van der Waals surface area contributed by atoms with Gasteiger partial charge in [0.15, 0.2) is 0 Å². The second-order valence-corrected chi connectivity index (χ2v) is 11.7. The molecule has 1 fully saturated rings. The van der Waals surface area contributed by atoms with E-state index in [2.05, 4.69) is 27.6 Å². The zero-order valence-corrected chi connectivity index (χ0v) is 22.9. The van der Waals surface area contributed by atoms with Crippen molar-refractivity contribution < 1.29 is 22.4 Å². The van der Waals surface area contributed by atoms with E-state index in [1.165, 1.54) is 19.2 Å². The number of aryl methyl sites for hydroxylation is 1.